The molecule has 1 atom stereocenters. The van der Waals surface area contributed by atoms with Gasteiger partial charge in [0.1, 0.15) is 6.34 Å². The average molecular weight is 437 g/mol. The fourth-order valence-corrected chi connectivity index (χ4v) is 4.09. The highest BCUT2D eigenvalue weighted by Crippen LogP contribution is 2.34. The molecule has 158 valence electrons. The maximum Gasteiger partial charge on any atom is 0.329 e. The van der Waals surface area contributed by atoms with Gasteiger partial charge in [-0.3, -0.25) is 19.4 Å². The van der Waals surface area contributed by atoms with E-state index >= 15 is 0 Å². The molecule has 2 heterocycles. The van der Waals surface area contributed by atoms with Gasteiger partial charge in [0.15, 0.2) is 17.2 Å². The predicted molar refractivity (Wildman–Crippen MR) is 119 cm³/mol. The summed E-state index contributed by atoms with van der Waals surface area (Å²) in [6.07, 6.45) is 1.46. The summed E-state index contributed by atoms with van der Waals surface area (Å²) >= 11 is 5.95. The summed E-state index contributed by atoms with van der Waals surface area (Å²) in [5.41, 5.74) is 0.529. The summed E-state index contributed by atoms with van der Waals surface area (Å²) in [6.45, 7) is 3.54. The second-order valence-electron chi connectivity index (χ2n) is 7.82. The Bertz CT molecular complexity index is 1140. The zero-order valence-corrected chi connectivity index (χ0v) is 18.1. The molecule has 0 N–H and O–H groups in total. The number of amides is 3. The summed E-state index contributed by atoms with van der Waals surface area (Å²) < 4.78 is 0. The van der Waals surface area contributed by atoms with E-state index < -0.39 is 17.6 Å². The summed E-state index contributed by atoms with van der Waals surface area (Å²) in [5, 5.41) is 0.542. The fourth-order valence-electron chi connectivity index (χ4n) is 3.96. The molecule has 1 unspecified atom stereocenters. The Kier molecular flexibility index (Phi) is 5.23. The molecule has 3 amide bonds. The van der Waals surface area contributed by atoms with Crippen LogP contribution in [-0.4, -0.2) is 58.3 Å². The molecule has 0 radical (unpaired) electrons. The number of ketones is 1. The molecular formula is C23H21ClN4O3. The Balaban J connectivity index is 1.75. The van der Waals surface area contributed by atoms with Gasteiger partial charge in [-0.15, -0.1) is 0 Å². The van der Waals surface area contributed by atoms with Gasteiger partial charge in [-0.25, -0.2) is 14.8 Å². The Labute approximate surface area is 185 Å². The van der Waals surface area contributed by atoms with Gasteiger partial charge in [0.25, 0.3) is 5.91 Å². The van der Waals surface area contributed by atoms with Gasteiger partial charge in [0, 0.05) is 35.7 Å². The summed E-state index contributed by atoms with van der Waals surface area (Å²) in [5.74, 6) is -0.638. The molecule has 7 nitrogen and oxygen atoms in total. The van der Waals surface area contributed by atoms with E-state index in [0.29, 0.717) is 21.7 Å². The van der Waals surface area contributed by atoms with Crippen molar-refractivity contribution >= 4 is 41.4 Å². The first-order valence-corrected chi connectivity index (χ1v) is 10.3. The lowest BCUT2D eigenvalue weighted by Crippen LogP contribution is -2.68. The second kappa shape index (κ2) is 7.74. The normalized spacial score (nSPS) is 20.4. The number of halogens is 1. The van der Waals surface area contributed by atoms with Crippen LogP contribution in [0.25, 0.3) is 0 Å². The summed E-state index contributed by atoms with van der Waals surface area (Å²) in [6, 6.07) is 13.0. The number of benzene rings is 2. The smallest absolute Gasteiger partial charge is 0.297 e. The SMILES string of the molecule is CC(C)N1C(=O)C2=NC=NC2(Cc2ccccc2C(=O)c2ccc(Cl)cc2)N(C)C1=O. The third-order valence-electron chi connectivity index (χ3n) is 5.63. The number of hydrogen-bond acceptors (Lipinski definition) is 5. The van der Waals surface area contributed by atoms with Gasteiger partial charge < -0.3 is 0 Å². The highest BCUT2D eigenvalue weighted by molar-refractivity contribution is 6.48. The van der Waals surface area contributed by atoms with Crippen LogP contribution in [0.3, 0.4) is 0 Å². The lowest BCUT2D eigenvalue weighted by atomic mass is 9.87. The molecule has 2 aliphatic rings. The van der Waals surface area contributed by atoms with Gasteiger partial charge in [-0.05, 0) is 43.7 Å². The van der Waals surface area contributed by atoms with Crippen LogP contribution < -0.4 is 0 Å². The van der Waals surface area contributed by atoms with Crippen molar-refractivity contribution in [3.63, 3.8) is 0 Å². The van der Waals surface area contributed by atoms with Crippen molar-refractivity contribution in [3.05, 3.63) is 70.2 Å². The highest BCUT2D eigenvalue weighted by atomic mass is 35.5. The van der Waals surface area contributed by atoms with E-state index in [1.807, 2.05) is 6.07 Å². The Hall–Kier alpha value is -3.32. The average Bonchev–Trinajstić information content (AvgIpc) is 3.18. The Morgan fingerprint density at radius 1 is 1.10 bits per heavy atom. The maximum atomic E-state index is 13.2. The molecule has 8 heteroatoms. The van der Waals surface area contributed by atoms with Crippen molar-refractivity contribution in [1.82, 2.24) is 9.80 Å². The van der Waals surface area contributed by atoms with Gasteiger partial charge in [-0.1, -0.05) is 35.9 Å². The van der Waals surface area contributed by atoms with Crippen molar-refractivity contribution in [3.8, 4) is 0 Å². The Morgan fingerprint density at radius 2 is 1.77 bits per heavy atom. The van der Waals surface area contributed by atoms with Crippen LogP contribution >= 0.6 is 11.6 Å². The molecule has 1 fully saturated rings. The topological polar surface area (TPSA) is 82.4 Å². The van der Waals surface area contributed by atoms with Crippen LogP contribution in [0.5, 0.6) is 0 Å². The molecular weight excluding hydrogens is 416 g/mol. The lowest BCUT2D eigenvalue weighted by Gasteiger charge is -2.45. The monoisotopic (exact) mass is 436 g/mol. The number of rotatable bonds is 5. The first-order valence-electron chi connectivity index (χ1n) is 9.88. The molecule has 0 aromatic heterocycles. The number of nitrogens with zero attached hydrogens (tertiary/aromatic N) is 4. The number of likely N-dealkylation sites (N-methyl/N-ethyl adjacent to an activating group) is 1. The minimum atomic E-state index is -1.28. The highest BCUT2D eigenvalue weighted by Gasteiger charge is 2.55. The number of carbonyl (C=O) groups is 3. The van der Waals surface area contributed by atoms with Crippen molar-refractivity contribution in [1.29, 1.82) is 0 Å². The first kappa shape index (κ1) is 20.9. The fraction of sp³-hybridized carbons (Fsp3) is 0.261. The molecule has 0 saturated carbocycles. The Morgan fingerprint density at radius 3 is 2.45 bits per heavy atom. The minimum Gasteiger partial charge on any atom is -0.297 e. The van der Waals surface area contributed by atoms with E-state index in [2.05, 4.69) is 9.98 Å². The molecule has 0 spiro atoms. The lowest BCUT2D eigenvalue weighted by molar-refractivity contribution is -0.125. The third-order valence-corrected chi connectivity index (χ3v) is 5.88. The first-order chi connectivity index (χ1) is 14.8. The van der Waals surface area contributed by atoms with Crippen LogP contribution in [-0.2, 0) is 11.2 Å². The number of aliphatic imine (C=N–C) groups is 2. The zero-order chi connectivity index (χ0) is 22.3. The molecule has 2 aromatic rings. The molecule has 4 rings (SSSR count). The molecule has 2 aromatic carbocycles. The van der Waals surface area contributed by atoms with Crippen molar-refractivity contribution in [2.45, 2.75) is 32.0 Å². The van der Waals surface area contributed by atoms with E-state index in [0.717, 1.165) is 0 Å². The molecule has 0 bridgehead atoms. The van der Waals surface area contributed by atoms with Gasteiger partial charge in [0.2, 0.25) is 0 Å². The van der Waals surface area contributed by atoms with Crippen LogP contribution in [0.1, 0.15) is 35.3 Å². The van der Waals surface area contributed by atoms with Crippen LogP contribution in [0.2, 0.25) is 5.02 Å². The number of imide groups is 1. The summed E-state index contributed by atoms with van der Waals surface area (Å²) in [4.78, 5) is 50.5. The number of hydrogen-bond donors (Lipinski definition) is 0. The largest absolute Gasteiger partial charge is 0.329 e. The zero-order valence-electron chi connectivity index (χ0n) is 17.4. The molecule has 31 heavy (non-hydrogen) atoms. The van der Waals surface area contributed by atoms with Crippen molar-refractivity contribution in [2.75, 3.05) is 7.05 Å². The number of fused-ring (bicyclic) bond motifs is 1. The maximum absolute atomic E-state index is 13.2. The standard InChI is InChI=1S/C23H21ClN4O3/c1-14(2)28-21(30)20-23(26-13-25-20,27(3)22(28)31)12-16-6-4-5-7-18(16)19(29)15-8-10-17(24)11-9-15/h4-11,13-14H,12H2,1-3H3. The van der Waals surface area contributed by atoms with E-state index in [9.17, 15) is 14.4 Å². The van der Waals surface area contributed by atoms with Crippen molar-refractivity contribution in [2.24, 2.45) is 9.98 Å². The molecule has 2 aliphatic heterocycles. The van der Waals surface area contributed by atoms with E-state index in [1.54, 1.807) is 63.4 Å². The van der Waals surface area contributed by atoms with Gasteiger partial charge >= 0.3 is 6.03 Å². The van der Waals surface area contributed by atoms with Gasteiger partial charge in [-0.2, -0.15) is 0 Å². The number of carbonyl (C=O) groups excluding carboxylic acids is 3. The van der Waals surface area contributed by atoms with Crippen LogP contribution in [0.4, 0.5) is 4.79 Å². The van der Waals surface area contributed by atoms with Crippen LogP contribution in [0, 0.1) is 0 Å². The van der Waals surface area contributed by atoms with E-state index in [-0.39, 0.29) is 24.0 Å². The molecule has 1 saturated heterocycles. The minimum absolute atomic E-state index is 0.151. The third kappa shape index (κ3) is 3.35. The van der Waals surface area contributed by atoms with Crippen molar-refractivity contribution < 1.29 is 14.4 Å². The molecule has 0 aliphatic carbocycles. The second-order valence-corrected chi connectivity index (χ2v) is 8.26. The van der Waals surface area contributed by atoms with E-state index in [1.165, 1.54) is 16.1 Å². The van der Waals surface area contributed by atoms with Gasteiger partial charge in [0.05, 0.1) is 0 Å². The number of urea groups is 1. The van der Waals surface area contributed by atoms with E-state index in [4.69, 9.17) is 11.6 Å². The predicted octanol–water partition coefficient (Wildman–Crippen LogP) is 3.60. The van der Waals surface area contributed by atoms with Crippen LogP contribution in [0.15, 0.2) is 58.5 Å². The quantitative estimate of drug-likeness (QED) is 0.671. The summed E-state index contributed by atoms with van der Waals surface area (Å²) in [7, 11) is 1.60.